The summed E-state index contributed by atoms with van der Waals surface area (Å²) < 4.78 is 7.48. The minimum atomic E-state index is -0.230. The number of aromatic nitrogens is 2. The fourth-order valence-corrected chi connectivity index (χ4v) is 3.44. The first-order valence-electron chi connectivity index (χ1n) is 10.4. The molecule has 4 rings (SSSR count). The van der Waals surface area contributed by atoms with Gasteiger partial charge in [0.2, 0.25) is 5.91 Å². The molecule has 1 aromatic heterocycles. The van der Waals surface area contributed by atoms with E-state index in [9.17, 15) is 9.59 Å². The van der Waals surface area contributed by atoms with Gasteiger partial charge in [0, 0.05) is 28.9 Å². The van der Waals surface area contributed by atoms with Crippen molar-refractivity contribution in [3.63, 3.8) is 0 Å². The zero-order chi connectivity index (χ0) is 21.8. The lowest BCUT2D eigenvalue weighted by molar-refractivity contribution is -0.123. The van der Waals surface area contributed by atoms with Crippen molar-refractivity contribution in [2.45, 2.75) is 32.7 Å². The quantitative estimate of drug-likeness (QED) is 0.583. The number of amides is 2. The third-order valence-corrected chi connectivity index (χ3v) is 5.31. The predicted octanol–water partition coefficient (Wildman–Crippen LogP) is 3.79. The molecule has 1 heterocycles. The number of rotatable bonds is 8. The van der Waals surface area contributed by atoms with E-state index in [1.165, 1.54) is 0 Å². The number of para-hydroxylation sites is 1. The molecule has 7 nitrogen and oxygen atoms in total. The van der Waals surface area contributed by atoms with E-state index in [0.717, 1.165) is 29.8 Å². The van der Waals surface area contributed by atoms with Crippen LogP contribution < -0.4 is 15.4 Å². The van der Waals surface area contributed by atoms with Gasteiger partial charge in [-0.05, 0) is 51.0 Å². The zero-order valence-corrected chi connectivity index (χ0v) is 17.7. The molecule has 160 valence electrons. The van der Waals surface area contributed by atoms with Crippen LogP contribution in [0, 0.1) is 12.8 Å². The lowest BCUT2D eigenvalue weighted by Crippen LogP contribution is -2.31. The summed E-state index contributed by atoms with van der Waals surface area (Å²) >= 11 is 0. The van der Waals surface area contributed by atoms with E-state index < -0.39 is 0 Å². The van der Waals surface area contributed by atoms with Crippen LogP contribution in [0.25, 0.3) is 5.69 Å². The summed E-state index contributed by atoms with van der Waals surface area (Å²) in [5.41, 5.74) is 3.56. The van der Waals surface area contributed by atoms with E-state index >= 15 is 0 Å². The Morgan fingerprint density at radius 2 is 1.94 bits per heavy atom. The molecular formula is C24H26N4O3. The molecule has 0 bridgehead atoms. The molecule has 0 aliphatic heterocycles. The highest BCUT2D eigenvalue weighted by Crippen LogP contribution is 2.30. The van der Waals surface area contributed by atoms with Crippen LogP contribution in [0.5, 0.6) is 5.75 Å². The van der Waals surface area contributed by atoms with Crippen LogP contribution in [0.3, 0.4) is 0 Å². The number of anilines is 1. The SMILES string of the molecule is Cc1c(C(C)NC(=O)COc2cccc(NC(=O)C3CC3)c2)cnn1-c1ccccc1. The highest BCUT2D eigenvalue weighted by Gasteiger charge is 2.29. The van der Waals surface area contributed by atoms with Gasteiger partial charge in [-0.15, -0.1) is 0 Å². The molecule has 0 spiro atoms. The number of nitrogens with zero attached hydrogens (tertiary/aromatic N) is 2. The van der Waals surface area contributed by atoms with Crippen LogP contribution in [0.1, 0.15) is 37.1 Å². The molecule has 2 aromatic carbocycles. The van der Waals surface area contributed by atoms with E-state index in [1.54, 1.807) is 24.4 Å². The molecule has 0 radical (unpaired) electrons. The number of hydrogen-bond acceptors (Lipinski definition) is 4. The topological polar surface area (TPSA) is 85.2 Å². The number of carbonyl (C=O) groups is 2. The van der Waals surface area contributed by atoms with Gasteiger partial charge in [0.05, 0.1) is 17.9 Å². The highest BCUT2D eigenvalue weighted by molar-refractivity contribution is 5.94. The Hall–Kier alpha value is -3.61. The molecule has 3 aromatic rings. The van der Waals surface area contributed by atoms with Crippen molar-refractivity contribution in [3.8, 4) is 11.4 Å². The normalized spacial score (nSPS) is 14.0. The van der Waals surface area contributed by atoms with Gasteiger partial charge in [0.1, 0.15) is 5.75 Å². The molecule has 1 atom stereocenters. The Kier molecular flexibility index (Phi) is 6.02. The Labute approximate surface area is 181 Å². The summed E-state index contributed by atoms with van der Waals surface area (Å²) in [4.78, 5) is 24.3. The van der Waals surface area contributed by atoms with Gasteiger partial charge >= 0.3 is 0 Å². The molecule has 31 heavy (non-hydrogen) atoms. The monoisotopic (exact) mass is 418 g/mol. The number of carbonyl (C=O) groups excluding carboxylic acids is 2. The van der Waals surface area contributed by atoms with Crippen molar-refractivity contribution in [3.05, 3.63) is 72.1 Å². The lowest BCUT2D eigenvalue weighted by Gasteiger charge is -2.15. The van der Waals surface area contributed by atoms with Crippen LogP contribution in [0.15, 0.2) is 60.8 Å². The van der Waals surface area contributed by atoms with Crippen molar-refractivity contribution in [2.75, 3.05) is 11.9 Å². The smallest absolute Gasteiger partial charge is 0.258 e. The second kappa shape index (κ2) is 9.04. The fourth-order valence-electron chi connectivity index (χ4n) is 3.44. The van der Waals surface area contributed by atoms with E-state index in [2.05, 4.69) is 15.7 Å². The maximum atomic E-state index is 12.4. The first-order valence-corrected chi connectivity index (χ1v) is 10.4. The second-order valence-electron chi connectivity index (χ2n) is 7.80. The molecule has 1 fully saturated rings. The van der Waals surface area contributed by atoms with Gasteiger partial charge in [-0.1, -0.05) is 24.3 Å². The molecular weight excluding hydrogens is 392 g/mol. The van der Waals surface area contributed by atoms with Gasteiger partial charge in [-0.2, -0.15) is 5.10 Å². The Bertz CT molecular complexity index is 1070. The summed E-state index contributed by atoms with van der Waals surface area (Å²) in [6.45, 7) is 3.79. The second-order valence-corrected chi connectivity index (χ2v) is 7.80. The number of hydrogen-bond donors (Lipinski definition) is 2. The van der Waals surface area contributed by atoms with Gasteiger partial charge < -0.3 is 15.4 Å². The summed E-state index contributed by atoms with van der Waals surface area (Å²) in [6.07, 6.45) is 3.67. The predicted molar refractivity (Wildman–Crippen MR) is 118 cm³/mol. The van der Waals surface area contributed by atoms with Crippen LogP contribution in [-0.4, -0.2) is 28.2 Å². The summed E-state index contributed by atoms with van der Waals surface area (Å²) in [5.74, 6) is 0.470. The third kappa shape index (κ3) is 5.12. The van der Waals surface area contributed by atoms with E-state index in [4.69, 9.17) is 4.74 Å². The molecule has 1 unspecified atom stereocenters. The molecule has 1 aliphatic rings. The zero-order valence-electron chi connectivity index (χ0n) is 17.7. The number of ether oxygens (including phenoxy) is 1. The standard InChI is InChI=1S/C24H26N4O3/c1-16(22-14-25-28(17(22)2)20-8-4-3-5-9-20)26-23(29)15-31-21-10-6-7-19(13-21)27-24(30)18-11-12-18/h3-10,13-14,16,18H,11-12,15H2,1-2H3,(H,26,29)(H,27,30). The van der Waals surface area contributed by atoms with Crippen molar-refractivity contribution >= 4 is 17.5 Å². The first-order chi connectivity index (χ1) is 15.0. The summed E-state index contributed by atoms with van der Waals surface area (Å²) in [7, 11) is 0. The van der Waals surface area contributed by atoms with E-state index in [1.807, 2.05) is 54.9 Å². The Morgan fingerprint density at radius 3 is 2.68 bits per heavy atom. The van der Waals surface area contributed by atoms with Gasteiger partial charge in [0.15, 0.2) is 6.61 Å². The van der Waals surface area contributed by atoms with Crippen molar-refractivity contribution in [1.82, 2.24) is 15.1 Å². The maximum Gasteiger partial charge on any atom is 0.258 e. The lowest BCUT2D eigenvalue weighted by atomic mass is 10.1. The van der Waals surface area contributed by atoms with Crippen molar-refractivity contribution in [2.24, 2.45) is 5.92 Å². The van der Waals surface area contributed by atoms with Gasteiger partial charge in [-0.25, -0.2) is 4.68 Å². The molecule has 1 aliphatic carbocycles. The average molecular weight is 418 g/mol. The molecule has 1 saturated carbocycles. The van der Waals surface area contributed by atoms with Crippen LogP contribution in [0.4, 0.5) is 5.69 Å². The largest absolute Gasteiger partial charge is 0.484 e. The average Bonchev–Trinajstić information content (AvgIpc) is 3.55. The maximum absolute atomic E-state index is 12.4. The Morgan fingerprint density at radius 1 is 1.16 bits per heavy atom. The fraction of sp³-hybridized carbons (Fsp3) is 0.292. The van der Waals surface area contributed by atoms with Gasteiger partial charge in [-0.3, -0.25) is 9.59 Å². The Balaban J connectivity index is 1.32. The van der Waals surface area contributed by atoms with Crippen LogP contribution in [0.2, 0.25) is 0 Å². The summed E-state index contributed by atoms with van der Waals surface area (Å²) in [6, 6.07) is 16.7. The third-order valence-electron chi connectivity index (χ3n) is 5.31. The van der Waals surface area contributed by atoms with Gasteiger partial charge in [0.25, 0.3) is 5.91 Å². The minimum Gasteiger partial charge on any atom is -0.484 e. The molecule has 2 amide bonds. The summed E-state index contributed by atoms with van der Waals surface area (Å²) in [5, 5.41) is 10.3. The van der Waals surface area contributed by atoms with Crippen molar-refractivity contribution < 1.29 is 14.3 Å². The number of nitrogens with one attached hydrogen (secondary N) is 2. The van der Waals surface area contributed by atoms with E-state index in [0.29, 0.717) is 11.4 Å². The molecule has 2 N–H and O–H groups in total. The van der Waals surface area contributed by atoms with Crippen molar-refractivity contribution in [1.29, 1.82) is 0 Å². The molecule has 7 heteroatoms. The van der Waals surface area contributed by atoms with Crippen LogP contribution >= 0.6 is 0 Å². The highest BCUT2D eigenvalue weighted by atomic mass is 16.5. The number of benzene rings is 2. The van der Waals surface area contributed by atoms with Crippen LogP contribution in [-0.2, 0) is 9.59 Å². The minimum absolute atomic E-state index is 0.0372. The van der Waals surface area contributed by atoms with E-state index in [-0.39, 0.29) is 30.4 Å². The first kappa shape index (κ1) is 20.7. The molecule has 0 saturated heterocycles.